The lowest BCUT2D eigenvalue weighted by Gasteiger charge is -2.19. The minimum absolute atomic E-state index is 0.0400. The Morgan fingerprint density at radius 1 is 1.46 bits per heavy atom. The Morgan fingerprint density at radius 2 is 2.23 bits per heavy atom. The van der Waals surface area contributed by atoms with Crippen LogP contribution in [0, 0.1) is 4.91 Å². The molecule has 0 aromatic heterocycles. The molecule has 0 aliphatic carbocycles. The molecule has 0 spiro atoms. The van der Waals surface area contributed by atoms with Crippen LogP contribution in [0.3, 0.4) is 0 Å². The van der Waals surface area contributed by atoms with Crippen LogP contribution in [-0.4, -0.2) is 30.8 Å². The summed E-state index contributed by atoms with van der Waals surface area (Å²) in [5.74, 6) is -0.561. The number of nitrogens with zero attached hydrogens (tertiary/aromatic N) is 1. The molecule has 5 heteroatoms. The third-order valence-electron chi connectivity index (χ3n) is 2.24. The van der Waals surface area contributed by atoms with Crippen LogP contribution in [0.4, 0.5) is 0 Å². The lowest BCUT2D eigenvalue weighted by atomic mass is 10.2. The first-order valence-electron chi connectivity index (χ1n) is 4.41. The van der Waals surface area contributed by atoms with Crippen LogP contribution in [0.2, 0.25) is 0 Å². The number of ether oxygens (including phenoxy) is 3. The highest BCUT2D eigenvalue weighted by Crippen LogP contribution is 2.36. The van der Waals surface area contributed by atoms with Crippen LogP contribution in [0.15, 0.2) is 5.18 Å². The molecule has 2 aliphatic rings. The van der Waals surface area contributed by atoms with Gasteiger partial charge in [0.15, 0.2) is 12.1 Å². The zero-order chi connectivity index (χ0) is 9.47. The number of hydrogen-bond donors (Lipinski definition) is 0. The number of rotatable bonds is 2. The van der Waals surface area contributed by atoms with E-state index in [9.17, 15) is 4.91 Å². The molecular weight excluding hydrogens is 174 g/mol. The average molecular weight is 187 g/mol. The Hall–Kier alpha value is -0.520. The van der Waals surface area contributed by atoms with Gasteiger partial charge in [0.2, 0.25) is 0 Å². The van der Waals surface area contributed by atoms with Gasteiger partial charge >= 0.3 is 0 Å². The van der Waals surface area contributed by atoms with Gasteiger partial charge in [-0.2, -0.15) is 4.91 Å². The SMILES string of the molecule is CC1(C)O[C@@H]2O[C@H](CN=O)C[C@@H]2O1. The first kappa shape index (κ1) is 9.05. The van der Waals surface area contributed by atoms with E-state index in [4.69, 9.17) is 14.2 Å². The standard InChI is InChI=1S/C8H13NO4/c1-8(2)12-6-3-5(4-9-10)11-7(6)13-8/h5-7H,3-4H2,1-2H3/t5-,6-,7-/m0/s1. The first-order chi connectivity index (χ1) is 6.11. The van der Waals surface area contributed by atoms with Crippen molar-refractivity contribution in [1.29, 1.82) is 0 Å². The van der Waals surface area contributed by atoms with E-state index >= 15 is 0 Å². The fourth-order valence-electron chi connectivity index (χ4n) is 1.78. The molecule has 0 aromatic rings. The van der Waals surface area contributed by atoms with Gasteiger partial charge in [0, 0.05) is 6.42 Å². The molecule has 0 bridgehead atoms. The summed E-state index contributed by atoms with van der Waals surface area (Å²) in [6, 6.07) is 0. The van der Waals surface area contributed by atoms with Gasteiger partial charge in [0.1, 0.15) is 12.6 Å². The third kappa shape index (κ3) is 1.72. The topological polar surface area (TPSA) is 57.1 Å². The minimum Gasteiger partial charge on any atom is -0.344 e. The van der Waals surface area contributed by atoms with Crippen molar-refractivity contribution < 1.29 is 14.2 Å². The van der Waals surface area contributed by atoms with Crippen molar-refractivity contribution in [2.75, 3.05) is 6.54 Å². The van der Waals surface area contributed by atoms with Gasteiger partial charge in [-0.3, -0.25) is 0 Å². The smallest absolute Gasteiger partial charge is 0.187 e. The first-order valence-corrected chi connectivity index (χ1v) is 4.41. The second kappa shape index (κ2) is 3.01. The highest BCUT2D eigenvalue weighted by molar-refractivity contribution is 4.85. The third-order valence-corrected chi connectivity index (χ3v) is 2.24. The molecule has 5 nitrogen and oxygen atoms in total. The molecule has 74 valence electrons. The van der Waals surface area contributed by atoms with E-state index in [1.54, 1.807) is 0 Å². The fourth-order valence-corrected chi connectivity index (χ4v) is 1.78. The quantitative estimate of drug-likeness (QED) is 0.605. The Bertz CT molecular complexity index is 202. The van der Waals surface area contributed by atoms with Gasteiger partial charge in [0.25, 0.3) is 0 Å². The van der Waals surface area contributed by atoms with Gasteiger partial charge in [-0.15, -0.1) is 0 Å². The average Bonchev–Trinajstić information content (AvgIpc) is 2.41. The predicted octanol–water partition coefficient (Wildman–Crippen LogP) is 1.02. The van der Waals surface area contributed by atoms with Gasteiger partial charge in [-0.05, 0) is 13.8 Å². The van der Waals surface area contributed by atoms with Crippen molar-refractivity contribution in [3.8, 4) is 0 Å². The zero-order valence-electron chi connectivity index (χ0n) is 7.73. The molecule has 0 saturated carbocycles. The molecule has 2 saturated heterocycles. The predicted molar refractivity (Wildman–Crippen MR) is 44.0 cm³/mol. The summed E-state index contributed by atoms with van der Waals surface area (Å²) in [7, 11) is 0. The maximum atomic E-state index is 10.00. The molecule has 0 radical (unpaired) electrons. The van der Waals surface area contributed by atoms with Crippen molar-refractivity contribution in [3.05, 3.63) is 4.91 Å². The van der Waals surface area contributed by atoms with Crippen molar-refractivity contribution in [2.24, 2.45) is 5.18 Å². The Labute approximate surface area is 76.3 Å². The van der Waals surface area contributed by atoms with Crippen LogP contribution in [0.25, 0.3) is 0 Å². The van der Waals surface area contributed by atoms with E-state index in [1.807, 2.05) is 13.8 Å². The van der Waals surface area contributed by atoms with Gasteiger partial charge in [0.05, 0.1) is 6.10 Å². The van der Waals surface area contributed by atoms with Crippen LogP contribution in [0.5, 0.6) is 0 Å². The van der Waals surface area contributed by atoms with E-state index in [2.05, 4.69) is 5.18 Å². The molecule has 2 aliphatic heterocycles. The van der Waals surface area contributed by atoms with Crippen LogP contribution < -0.4 is 0 Å². The minimum atomic E-state index is -0.561. The second-order valence-corrected chi connectivity index (χ2v) is 3.85. The Morgan fingerprint density at radius 3 is 2.85 bits per heavy atom. The van der Waals surface area contributed by atoms with Crippen molar-refractivity contribution in [3.63, 3.8) is 0 Å². The van der Waals surface area contributed by atoms with E-state index in [-0.39, 0.29) is 25.0 Å². The van der Waals surface area contributed by atoms with Gasteiger partial charge in [-0.25, -0.2) is 0 Å². The molecule has 0 unspecified atom stereocenters. The summed E-state index contributed by atoms with van der Waals surface area (Å²) >= 11 is 0. The van der Waals surface area contributed by atoms with Crippen molar-refractivity contribution in [1.82, 2.24) is 0 Å². The summed E-state index contributed by atoms with van der Waals surface area (Å²) in [4.78, 5) is 10.00. The Balaban J connectivity index is 1.93. The molecule has 0 N–H and O–H groups in total. The monoisotopic (exact) mass is 187 g/mol. The molecule has 0 amide bonds. The summed E-state index contributed by atoms with van der Waals surface area (Å²) in [6.07, 6.45) is 0.201. The van der Waals surface area contributed by atoms with Crippen molar-refractivity contribution >= 4 is 0 Å². The number of hydrogen-bond acceptors (Lipinski definition) is 5. The second-order valence-electron chi connectivity index (χ2n) is 3.85. The molecule has 2 fully saturated rings. The molecular formula is C8H13NO4. The normalized spacial score (nSPS) is 41.8. The molecule has 2 rings (SSSR count). The van der Waals surface area contributed by atoms with Gasteiger partial charge < -0.3 is 14.2 Å². The molecule has 2 heterocycles. The maximum absolute atomic E-state index is 10.00. The number of nitroso groups, excluding NO2 is 1. The number of fused-ring (bicyclic) bond motifs is 1. The summed E-state index contributed by atoms with van der Waals surface area (Å²) in [5.41, 5.74) is 0. The summed E-state index contributed by atoms with van der Waals surface area (Å²) in [6.45, 7) is 3.88. The van der Waals surface area contributed by atoms with E-state index in [0.717, 1.165) is 0 Å². The summed E-state index contributed by atoms with van der Waals surface area (Å²) < 4.78 is 16.4. The highest BCUT2D eigenvalue weighted by Gasteiger charge is 2.48. The van der Waals surface area contributed by atoms with E-state index in [1.165, 1.54) is 0 Å². The van der Waals surface area contributed by atoms with Crippen molar-refractivity contribution in [2.45, 2.75) is 44.6 Å². The largest absolute Gasteiger partial charge is 0.344 e. The molecule has 3 atom stereocenters. The van der Waals surface area contributed by atoms with Crippen LogP contribution in [0.1, 0.15) is 20.3 Å². The van der Waals surface area contributed by atoms with Crippen LogP contribution in [-0.2, 0) is 14.2 Å². The molecule has 0 aromatic carbocycles. The van der Waals surface area contributed by atoms with E-state index < -0.39 is 5.79 Å². The zero-order valence-corrected chi connectivity index (χ0v) is 7.73. The van der Waals surface area contributed by atoms with Gasteiger partial charge in [-0.1, -0.05) is 5.18 Å². The van der Waals surface area contributed by atoms with Crippen LogP contribution >= 0.6 is 0 Å². The fraction of sp³-hybridized carbons (Fsp3) is 1.00. The lowest BCUT2D eigenvalue weighted by molar-refractivity contribution is -0.203. The van der Waals surface area contributed by atoms with E-state index in [0.29, 0.717) is 6.42 Å². The Kier molecular flexibility index (Phi) is 2.09. The lowest BCUT2D eigenvalue weighted by Crippen LogP contribution is -2.25. The maximum Gasteiger partial charge on any atom is 0.187 e. The molecule has 13 heavy (non-hydrogen) atoms. The highest BCUT2D eigenvalue weighted by atomic mass is 16.8. The summed E-state index contributed by atoms with van der Waals surface area (Å²) in [5, 5.41) is 2.80.